The van der Waals surface area contributed by atoms with Crippen molar-refractivity contribution in [3.05, 3.63) is 54.1 Å². The van der Waals surface area contributed by atoms with Gasteiger partial charge in [0.25, 0.3) is 5.91 Å². The maximum absolute atomic E-state index is 13.6. The molecule has 1 amide bonds. The molecule has 2 N–H and O–H groups in total. The number of sulfone groups is 1. The zero-order valence-electron chi connectivity index (χ0n) is 21.4. The van der Waals surface area contributed by atoms with Gasteiger partial charge >= 0.3 is 0 Å². The lowest BCUT2D eigenvalue weighted by Crippen LogP contribution is -2.58. The lowest BCUT2D eigenvalue weighted by molar-refractivity contribution is -0.133. The van der Waals surface area contributed by atoms with Gasteiger partial charge in [0.15, 0.2) is 20.4 Å². The number of nitrogens with one attached hydrogen (secondary N) is 1. The number of likely N-dealkylation sites (tertiary alicyclic amines) is 1. The van der Waals surface area contributed by atoms with Crippen LogP contribution in [0.5, 0.6) is 11.5 Å². The summed E-state index contributed by atoms with van der Waals surface area (Å²) in [6.07, 6.45) is 4.20. The van der Waals surface area contributed by atoms with Gasteiger partial charge in [0.2, 0.25) is 0 Å². The van der Waals surface area contributed by atoms with Crippen LogP contribution in [0.2, 0.25) is 0 Å². The molecule has 9 nitrogen and oxygen atoms in total. The van der Waals surface area contributed by atoms with E-state index in [-0.39, 0.29) is 35.9 Å². The molecule has 2 aromatic rings. The minimum Gasteiger partial charge on any atom is -0.497 e. The Morgan fingerprint density at radius 1 is 1.00 bits per heavy atom. The standard InChI is InChI=1S/C27H34N2O7S.ClH/c1-35-22-9-5-20(6-10-22)25(30)4-2-3-19-36-23-11-13-24(14-12-23)37(33,34)27(26(31)28-32)15-17-29(18-16-27)21-7-8-21;/h5-6,9-14,21,32H,2-4,7-8,15-19H2,1H3,(H,28,31);1H. The number of piperidine rings is 1. The van der Waals surface area contributed by atoms with E-state index in [9.17, 15) is 23.2 Å². The number of unbranched alkanes of at least 4 members (excludes halogenated alkanes) is 1. The van der Waals surface area contributed by atoms with Crippen LogP contribution >= 0.6 is 12.4 Å². The molecule has 2 aliphatic rings. The van der Waals surface area contributed by atoms with Crippen molar-refractivity contribution in [2.24, 2.45) is 0 Å². The Kier molecular flexibility index (Phi) is 10.2. The molecule has 2 aromatic carbocycles. The summed E-state index contributed by atoms with van der Waals surface area (Å²) >= 11 is 0. The van der Waals surface area contributed by atoms with Crippen LogP contribution in [-0.2, 0) is 14.6 Å². The second-order valence-electron chi connectivity index (χ2n) is 9.63. The second kappa shape index (κ2) is 12.9. The van der Waals surface area contributed by atoms with Gasteiger partial charge in [0.05, 0.1) is 18.6 Å². The fourth-order valence-electron chi connectivity index (χ4n) is 4.85. The SMILES string of the molecule is COc1ccc(C(=O)CCCCOc2ccc(S(=O)(=O)C3(C(=O)NO)CCN(C4CC4)CC3)cc2)cc1.Cl. The maximum atomic E-state index is 13.6. The van der Waals surface area contributed by atoms with Crippen molar-refractivity contribution >= 4 is 33.9 Å². The van der Waals surface area contributed by atoms with Crippen LogP contribution in [-0.4, -0.2) is 67.8 Å². The lowest BCUT2D eigenvalue weighted by Gasteiger charge is -2.39. The number of carbonyl (C=O) groups excluding carboxylic acids is 2. The number of hydrogen-bond acceptors (Lipinski definition) is 8. The number of benzene rings is 2. The highest BCUT2D eigenvalue weighted by Gasteiger charge is 2.53. The molecule has 1 heterocycles. The van der Waals surface area contributed by atoms with Gasteiger partial charge in [-0.15, -0.1) is 12.4 Å². The summed E-state index contributed by atoms with van der Waals surface area (Å²) in [4.78, 5) is 27.2. The smallest absolute Gasteiger partial charge is 0.265 e. The molecule has 11 heteroatoms. The number of carbonyl (C=O) groups is 2. The van der Waals surface area contributed by atoms with E-state index in [0.717, 1.165) is 12.8 Å². The first-order valence-electron chi connectivity index (χ1n) is 12.6. The van der Waals surface area contributed by atoms with Gasteiger partial charge in [0.1, 0.15) is 11.5 Å². The molecule has 1 saturated heterocycles. The Bertz CT molecular complexity index is 1190. The number of methoxy groups -OCH3 is 1. The largest absolute Gasteiger partial charge is 0.497 e. The van der Waals surface area contributed by atoms with Crippen LogP contribution in [0.4, 0.5) is 0 Å². The van der Waals surface area contributed by atoms with Crippen molar-refractivity contribution < 1.29 is 32.7 Å². The minimum absolute atomic E-state index is 0. The number of hydrogen-bond donors (Lipinski definition) is 2. The Labute approximate surface area is 229 Å². The molecule has 38 heavy (non-hydrogen) atoms. The maximum Gasteiger partial charge on any atom is 0.265 e. The Balaban J connectivity index is 0.00000400. The highest BCUT2D eigenvalue weighted by Crippen LogP contribution is 2.39. The number of halogens is 1. The summed E-state index contributed by atoms with van der Waals surface area (Å²) in [6, 6.07) is 13.5. The first kappa shape index (κ1) is 29.9. The predicted molar refractivity (Wildman–Crippen MR) is 144 cm³/mol. The van der Waals surface area contributed by atoms with Gasteiger partial charge < -0.3 is 14.4 Å². The summed E-state index contributed by atoms with van der Waals surface area (Å²) in [5, 5.41) is 9.33. The molecule has 0 bridgehead atoms. The zero-order valence-corrected chi connectivity index (χ0v) is 23.1. The van der Waals surface area contributed by atoms with Crippen LogP contribution in [0.1, 0.15) is 55.3 Å². The van der Waals surface area contributed by atoms with Crippen molar-refractivity contribution in [2.75, 3.05) is 26.8 Å². The number of ether oxygens (including phenoxy) is 2. The summed E-state index contributed by atoms with van der Waals surface area (Å²) in [5.41, 5.74) is 2.24. The van der Waals surface area contributed by atoms with Crippen molar-refractivity contribution in [1.82, 2.24) is 10.4 Å². The van der Waals surface area contributed by atoms with E-state index >= 15 is 0 Å². The molecule has 0 radical (unpaired) electrons. The molecule has 2 fully saturated rings. The average Bonchev–Trinajstić information content (AvgIpc) is 3.78. The van der Waals surface area contributed by atoms with E-state index in [1.54, 1.807) is 49.0 Å². The van der Waals surface area contributed by atoms with Gasteiger partial charge in [-0.05, 0) is 87.1 Å². The highest BCUT2D eigenvalue weighted by atomic mass is 35.5. The van der Waals surface area contributed by atoms with Crippen LogP contribution in [0, 0.1) is 0 Å². The van der Waals surface area contributed by atoms with Gasteiger partial charge in [-0.1, -0.05) is 0 Å². The Morgan fingerprint density at radius 3 is 2.16 bits per heavy atom. The molecule has 0 spiro atoms. The number of rotatable bonds is 12. The fraction of sp³-hybridized carbons (Fsp3) is 0.481. The van der Waals surface area contributed by atoms with E-state index in [0.29, 0.717) is 62.1 Å². The molecule has 0 atom stereocenters. The highest BCUT2D eigenvalue weighted by molar-refractivity contribution is 7.93. The third-order valence-corrected chi connectivity index (χ3v) is 9.83. The fourth-order valence-corrected chi connectivity index (χ4v) is 6.80. The van der Waals surface area contributed by atoms with Gasteiger partial charge in [0, 0.05) is 31.1 Å². The quantitative estimate of drug-likeness (QED) is 0.172. The normalized spacial score (nSPS) is 17.2. The van der Waals surface area contributed by atoms with E-state index in [1.807, 2.05) is 0 Å². The van der Waals surface area contributed by atoms with Crippen molar-refractivity contribution in [3.63, 3.8) is 0 Å². The third-order valence-electron chi connectivity index (χ3n) is 7.31. The number of hydroxylamine groups is 1. The molecule has 1 saturated carbocycles. The van der Waals surface area contributed by atoms with Crippen LogP contribution < -0.4 is 15.0 Å². The van der Waals surface area contributed by atoms with E-state index in [1.165, 1.54) is 12.1 Å². The van der Waals surface area contributed by atoms with Crippen LogP contribution in [0.15, 0.2) is 53.4 Å². The molecular weight excluding hydrogens is 532 g/mol. The monoisotopic (exact) mass is 566 g/mol. The first-order chi connectivity index (χ1) is 17.8. The average molecular weight is 567 g/mol. The van der Waals surface area contributed by atoms with Crippen molar-refractivity contribution in [2.45, 2.75) is 60.6 Å². The summed E-state index contributed by atoms with van der Waals surface area (Å²) in [5.74, 6) is 0.382. The predicted octanol–water partition coefficient (Wildman–Crippen LogP) is 3.83. The summed E-state index contributed by atoms with van der Waals surface area (Å²) < 4.78 is 36.2. The lowest BCUT2D eigenvalue weighted by atomic mass is 9.94. The number of Topliss-reactive ketones (excluding diaryl/α,β-unsaturated/α-hetero) is 1. The van der Waals surface area contributed by atoms with E-state index < -0.39 is 20.5 Å². The topological polar surface area (TPSA) is 122 Å². The molecular formula is C27H35ClN2O7S. The molecule has 4 rings (SSSR count). The van der Waals surface area contributed by atoms with Gasteiger partial charge in [-0.2, -0.15) is 0 Å². The number of nitrogens with zero attached hydrogens (tertiary/aromatic N) is 1. The molecule has 0 aromatic heterocycles. The van der Waals surface area contributed by atoms with E-state index in [4.69, 9.17) is 9.47 Å². The molecule has 1 aliphatic carbocycles. The van der Waals surface area contributed by atoms with Gasteiger partial charge in [-0.25, -0.2) is 13.9 Å². The van der Waals surface area contributed by atoms with Crippen molar-refractivity contribution in [3.8, 4) is 11.5 Å². The molecule has 0 unspecified atom stereocenters. The first-order valence-corrected chi connectivity index (χ1v) is 14.1. The minimum atomic E-state index is -4.05. The Morgan fingerprint density at radius 2 is 1.61 bits per heavy atom. The van der Waals surface area contributed by atoms with Gasteiger partial charge in [-0.3, -0.25) is 14.8 Å². The Hall–Kier alpha value is -2.66. The zero-order chi connectivity index (χ0) is 26.5. The van der Waals surface area contributed by atoms with E-state index in [2.05, 4.69) is 4.90 Å². The number of ketones is 1. The second-order valence-corrected chi connectivity index (χ2v) is 11.9. The number of amides is 1. The third kappa shape index (κ3) is 6.48. The van der Waals surface area contributed by atoms with Crippen LogP contribution in [0.25, 0.3) is 0 Å². The molecule has 208 valence electrons. The summed E-state index contributed by atoms with van der Waals surface area (Å²) in [6.45, 7) is 1.38. The molecule has 1 aliphatic heterocycles. The van der Waals surface area contributed by atoms with Crippen LogP contribution in [0.3, 0.4) is 0 Å². The van der Waals surface area contributed by atoms with Crippen molar-refractivity contribution in [1.29, 1.82) is 0 Å². The summed E-state index contributed by atoms with van der Waals surface area (Å²) in [7, 11) is -2.47.